The Morgan fingerprint density at radius 3 is 2.35 bits per heavy atom. The number of nitrogens with zero attached hydrogens (tertiary/aromatic N) is 4. The van der Waals surface area contributed by atoms with Gasteiger partial charge in [0.05, 0.1) is 11.0 Å². The lowest BCUT2D eigenvalue weighted by Gasteiger charge is -2.39. The molecule has 2 aromatic rings. The fourth-order valence-corrected chi connectivity index (χ4v) is 6.38. The van der Waals surface area contributed by atoms with Gasteiger partial charge in [0.1, 0.15) is 0 Å². The van der Waals surface area contributed by atoms with Crippen LogP contribution in [0.1, 0.15) is 77.2 Å². The molecule has 1 atom stereocenters. The summed E-state index contributed by atoms with van der Waals surface area (Å²) in [5, 5.41) is 3.00. The van der Waals surface area contributed by atoms with E-state index in [1.165, 1.54) is 44.9 Å². The van der Waals surface area contributed by atoms with E-state index >= 15 is 0 Å². The molecule has 3 aliphatic rings. The highest BCUT2D eigenvalue weighted by atomic mass is 16.1. The van der Waals surface area contributed by atoms with Gasteiger partial charge in [0.2, 0.25) is 5.91 Å². The molecule has 1 saturated carbocycles. The smallest absolute Gasteiger partial charge is 0.294 e. The van der Waals surface area contributed by atoms with E-state index < -0.39 is 0 Å². The number of anilines is 1. The number of rotatable bonds is 4. The van der Waals surface area contributed by atoms with Crippen LogP contribution in [0.5, 0.6) is 0 Å². The Morgan fingerprint density at radius 1 is 0.912 bits per heavy atom. The van der Waals surface area contributed by atoms with Gasteiger partial charge in [-0.25, -0.2) is 4.98 Å². The monoisotopic (exact) mass is 465 g/mol. The highest BCUT2D eigenvalue weighted by Gasteiger charge is 2.31. The number of amides is 1. The second kappa shape index (κ2) is 10.5. The van der Waals surface area contributed by atoms with Crippen molar-refractivity contribution in [2.45, 2.75) is 89.3 Å². The first-order chi connectivity index (χ1) is 16.6. The topological polar surface area (TPSA) is 70.5 Å². The predicted molar refractivity (Wildman–Crippen MR) is 136 cm³/mol. The number of likely N-dealkylation sites (tertiary alicyclic amines) is 1. The van der Waals surface area contributed by atoms with Gasteiger partial charge in [-0.15, -0.1) is 0 Å². The Morgan fingerprint density at radius 2 is 1.62 bits per heavy atom. The van der Waals surface area contributed by atoms with Crippen LogP contribution in [-0.2, 0) is 4.79 Å². The maximum atomic E-state index is 13.8. The molecule has 1 aromatic heterocycles. The molecule has 184 valence electrons. The fraction of sp³-hybridized carbons (Fsp3) is 0.667. The van der Waals surface area contributed by atoms with E-state index in [4.69, 9.17) is 4.98 Å². The van der Waals surface area contributed by atoms with Crippen LogP contribution in [0, 0.1) is 0 Å². The third-order valence-corrected chi connectivity index (χ3v) is 8.13. The van der Waals surface area contributed by atoms with E-state index in [2.05, 4.69) is 15.1 Å². The molecule has 7 nitrogen and oxygen atoms in total. The van der Waals surface area contributed by atoms with Gasteiger partial charge >= 0.3 is 0 Å². The van der Waals surface area contributed by atoms with Crippen LogP contribution in [0.15, 0.2) is 29.1 Å². The first-order valence-electron chi connectivity index (χ1n) is 13.4. The minimum atomic E-state index is -0.0215. The average molecular weight is 466 g/mol. The molecule has 1 aromatic carbocycles. The van der Waals surface area contributed by atoms with Crippen LogP contribution < -0.4 is 15.8 Å². The SMILES string of the molecule is CC(=O)NC1CCN(c2nc3ccccc3n(C3CCN(C4CCCCCCC4)CC3)c2=O)C1. The van der Waals surface area contributed by atoms with Crippen molar-refractivity contribution in [2.24, 2.45) is 0 Å². The van der Waals surface area contributed by atoms with Crippen LogP contribution in [0.3, 0.4) is 0 Å². The predicted octanol–water partition coefficient (Wildman–Crippen LogP) is 3.86. The van der Waals surface area contributed by atoms with E-state index in [1.807, 2.05) is 28.8 Å². The van der Waals surface area contributed by atoms with Crippen LogP contribution in [0.25, 0.3) is 11.0 Å². The number of hydrogen-bond acceptors (Lipinski definition) is 5. The van der Waals surface area contributed by atoms with Gasteiger partial charge in [-0.1, -0.05) is 44.2 Å². The molecule has 3 fully saturated rings. The lowest BCUT2D eigenvalue weighted by Crippen LogP contribution is -2.44. The van der Waals surface area contributed by atoms with Crippen molar-refractivity contribution in [3.63, 3.8) is 0 Å². The first-order valence-corrected chi connectivity index (χ1v) is 13.4. The number of aromatic nitrogens is 2. The molecule has 0 bridgehead atoms. The highest BCUT2D eigenvalue weighted by molar-refractivity contribution is 5.77. The summed E-state index contributed by atoms with van der Waals surface area (Å²) in [5.41, 5.74) is 1.84. The van der Waals surface area contributed by atoms with Crippen LogP contribution in [0.2, 0.25) is 0 Å². The zero-order valence-corrected chi connectivity index (χ0v) is 20.5. The van der Waals surface area contributed by atoms with Crippen molar-refractivity contribution in [3.8, 4) is 0 Å². The standard InChI is InChI=1S/C27H39N5O2/c1-20(33)28-21-13-16-31(19-21)26-27(34)32(25-12-8-7-11-24(25)29-26)23-14-17-30(18-15-23)22-9-5-3-2-4-6-10-22/h7-8,11-12,21-23H,2-6,9-10,13-19H2,1H3,(H,28,33). The van der Waals surface area contributed by atoms with Crippen LogP contribution >= 0.6 is 0 Å². The maximum absolute atomic E-state index is 13.8. The zero-order valence-electron chi connectivity index (χ0n) is 20.5. The fourth-order valence-electron chi connectivity index (χ4n) is 6.38. The normalized spacial score (nSPS) is 23.7. The summed E-state index contributed by atoms with van der Waals surface area (Å²) >= 11 is 0. The van der Waals surface area contributed by atoms with Gasteiger partial charge in [0.25, 0.3) is 5.56 Å². The number of para-hydroxylation sites is 2. The van der Waals surface area contributed by atoms with Gasteiger partial charge in [-0.3, -0.25) is 9.59 Å². The van der Waals surface area contributed by atoms with Crippen molar-refractivity contribution in [2.75, 3.05) is 31.1 Å². The Hall–Kier alpha value is -2.41. The van der Waals surface area contributed by atoms with Crippen molar-refractivity contribution >= 4 is 22.8 Å². The van der Waals surface area contributed by atoms with E-state index in [1.54, 1.807) is 6.92 Å². The Labute approximate surface area is 202 Å². The van der Waals surface area contributed by atoms with E-state index in [0.717, 1.165) is 56.0 Å². The number of carbonyl (C=O) groups excluding carboxylic acids is 1. The van der Waals surface area contributed by atoms with Gasteiger partial charge in [0.15, 0.2) is 5.82 Å². The molecule has 3 heterocycles. The third-order valence-electron chi connectivity index (χ3n) is 8.13. The molecule has 1 amide bonds. The van der Waals surface area contributed by atoms with Crippen molar-refractivity contribution in [3.05, 3.63) is 34.6 Å². The van der Waals surface area contributed by atoms with Gasteiger partial charge in [-0.05, 0) is 44.2 Å². The van der Waals surface area contributed by atoms with Crippen molar-refractivity contribution in [1.82, 2.24) is 19.8 Å². The molecule has 0 spiro atoms. The number of benzene rings is 1. The molecule has 5 rings (SSSR count). The van der Waals surface area contributed by atoms with Crippen LogP contribution in [-0.4, -0.2) is 58.6 Å². The highest BCUT2D eigenvalue weighted by Crippen LogP contribution is 2.30. The maximum Gasteiger partial charge on any atom is 0.294 e. The molecular weight excluding hydrogens is 426 g/mol. The minimum absolute atomic E-state index is 0.0200. The van der Waals surface area contributed by atoms with Gasteiger partial charge in [-0.2, -0.15) is 0 Å². The van der Waals surface area contributed by atoms with Crippen LogP contribution in [0.4, 0.5) is 5.82 Å². The molecule has 2 saturated heterocycles. The number of carbonyl (C=O) groups is 1. The largest absolute Gasteiger partial charge is 0.352 e. The Kier molecular flexibility index (Phi) is 7.18. The second-order valence-corrected chi connectivity index (χ2v) is 10.5. The zero-order chi connectivity index (χ0) is 23.5. The summed E-state index contributed by atoms with van der Waals surface area (Å²) in [4.78, 5) is 34.9. The molecule has 2 aliphatic heterocycles. The average Bonchev–Trinajstić information content (AvgIpc) is 3.26. The number of nitrogens with one attached hydrogen (secondary N) is 1. The molecule has 0 radical (unpaired) electrons. The summed E-state index contributed by atoms with van der Waals surface area (Å²) in [5.74, 6) is 0.515. The second-order valence-electron chi connectivity index (χ2n) is 10.5. The Balaban J connectivity index is 1.37. The van der Waals surface area contributed by atoms with E-state index in [-0.39, 0.29) is 23.6 Å². The summed E-state index contributed by atoms with van der Waals surface area (Å²) < 4.78 is 2.04. The molecule has 1 unspecified atom stereocenters. The van der Waals surface area contributed by atoms with E-state index in [0.29, 0.717) is 12.4 Å². The number of fused-ring (bicyclic) bond motifs is 1. The Bertz CT molecular complexity index is 1050. The van der Waals surface area contributed by atoms with Crippen molar-refractivity contribution < 1.29 is 4.79 Å². The van der Waals surface area contributed by atoms with E-state index in [9.17, 15) is 9.59 Å². The quantitative estimate of drug-likeness (QED) is 0.743. The minimum Gasteiger partial charge on any atom is -0.352 e. The molecule has 1 N–H and O–H groups in total. The molecular formula is C27H39N5O2. The summed E-state index contributed by atoms with van der Waals surface area (Å²) in [6, 6.07) is 9.06. The van der Waals surface area contributed by atoms with Crippen molar-refractivity contribution in [1.29, 1.82) is 0 Å². The van der Waals surface area contributed by atoms with Gasteiger partial charge < -0.3 is 19.7 Å². The first kappa shape index (κ1) is 23.3. The molecule has 34 heavy (non-hydrogen) atoms. The van der Waals surface area contributed by atoms with Gasteiger partial charge in [0, 0.05) is 51.2 Å². The lowest BCUT2D eigenvalue weighted by atomic mass is 9.93. The summed E-state index contributed by atoms with van der Waals surface area (Å²) in [7, 11) is 0. The summed E-state index contributed by atoms with van der Waals surface area (Å²) in [6.07, 6.45) is 12.4. The number of hydrogen-bond donors (Lipinski definition) is 1. The summed E-state index contributed by atoms with van der Waals surface area (Å²) in [6.45, 7) is 5.07. The third kappa shape index (κ3) is 4.99. The number of piperidine rings is 1. The lowest BCUT2D eigenvalue weighted by molar-refractivity contribution is -0.119. The molecule has 7 heteroatoms. The molecule has 1 aliphatic carbocycles.